The van der Waals surface area contributed by atoms with Gasteiger partial charge in [-0.1, -0.05) is 56.2 Å². The number of benzene rings is 2. The normalized spacial score (nSPS) is 10.7. The SMILES string of the molecule is C#Cc1c(-c2ccc(F)cc2C)cc(-c2ccccc2)nc1C(C)C. The molecule has 0 aliphatic carbocycles. The molecule has 0 aliphatic rings. The zero-order chi connectivity index (χ0) is 18.0. The van der Waals surface area contributed by atoms with Crippen molar-refractivity contribution in [2.45, 2.75) is 26.7 Å². The van der Waals surface area contributed by atoms with E-state index >= 15 is 0 Å². The van der Waals surface area contributed by atoms with Crippen LogP contribution in [0.15, 0.2) is 54.6 Å². The maximum absolute atomic E-state index is 13.5. The minimum Gasteiger partial charge on any atom is -0.251 e. The van der Waals surface area contributed by atoms with Crippen molar-refractivity contribution in [1.82, 2.24) is 4.98 Å². The molecule has 0 unspecified atom stereocenters. The maximum atomic E-state index is 13.5. The average Bonchev–Trinajstić information content (AvgIpc) is 2.61. The van der Waals surface area contributed by atoms with Gasteiger partial charge >= 0.3 is 0 Å². The third-order valence-electron chi connectivity index (χ3n) is 4.29. The Kier molecular flexibility index (Phi) is 4.67. The van der Waals surface area contributed by atoms with Gasteiger partial charge in [-0.25, -0.2) is 4.39 Å². The van der Waals surface area contributed by atoms with E-state index in [2.05, 4.69) is 19.8 Å². The molecule has 1 aromatic heterocycles. The first-order chi connectivity index (χ1) is 12.0. The standard InChI is InChI=1S/C23H20FN/c1-5-19-21(20-12-11-18(24)13-16(20)4)14-22(25-23(19)15(2)3)17-9-7-6-8-10-17/h1,6-15H,2-4H3. The van der Waals surface area contributed by atoms with E-state index in [9.17, 15) is 4.39 Å². The van der Waals surface area contributed by atoms with Gasteiger partial charge in [0.25, 0.3) is 0 Å². The predicted octanol–water partition coefficient (Wildman–Crippen LogP) is 5.97. The third-order valence-corrected chi connectivity index (χ3v) is 4.29. The summed E-state index contributed by atoms with van der Waals surface area (Å²) < 4.78 is 13.5. The van der Waals surface area contributed by atoms with E-state index in [0.29, 0.717) is 0 Å². The lowest BCUT2D eigenvalue weighted by Gasteiger charge is -2.17. The molecule has 0 bridgehead atoms. The highest BCUT2D eigenvalue weighted by Crippen LogP contribution is 2.34. The maximum Gasteiger partial charge on any atom is 0.123 e. The van der Waals surface area contributed by atoms with Gasteiger partial charge < -0.3 is 0 Å². The highest BCUT2D eigenvalue weighted by molar-refractivity contribution is 5.79. The van der Waals surface area contributed by atoms with E-state index in [-0.39, 0.29) is 11.7 Å². The zero-order valence-electron chi connectivity index (χ0n) is 14.7. The molecule has 0 fully saturated rings. The minimum atomic E-state index is -0.245. The fraction of sp³-hybridized carbons (Fsp3) is 0.174. The fourth-order valence-electron chi connectivity index (χ4n) is 3.03. The molecular weight excluding hydrogens is 309 g/mol. The van der Waals surface area contributed by atoms with Gasteiger partial charge in [0.15, 0.2) is 0 Å². The second-order valence-electron chi connectivity index (χ2n) is 6.44. The summed E-state index contributed by atoms with van der Waals surface area (Å²) >= 11 is 0. The molecule has 3 aromatic rings. The summed E-state index contributed by atoms with van der Waals surface area (Å²) in [5, 5.41) is 0. The van der Waals surface area contributed by atoms with Crippen molar-refractivity contribution in [2.24, 2.45) is 0 Å². The minimum absolute atomic E-state index is 0.189. The number of halogens is 1. The Balaban J connectivity index is 2.33. The summed E-state index contributed by atoms with van der Waals surface area (Å²) in [7, 11) is 0. The lowest BCUT2D eigenvalue weighted by atomic mass is 9.91. The molecule has 1 heterocycles. The largest absolute Gasteiger partial charge is 0.251 e. The monoisotopic (exact) mass is 329 g/mol. The van der Waals surface area contributed by atoms with Gasteiger partial charge in [-0.05, 0) is 42.2 Å². The van der Waals surface area contributed by atoms with E-state index in [0.717, 1.165) is 39.2 Å². The number of aromatic nitrogens is 1. The van der Waals surface area contributed by atoms with Crippen molar-refractivity contribution in [1.29, 1.82) is 0 Å². The van der Waals surface area contributed by atoms with E-state index < -0.39 is 0 Å². The van der Waals surface area contributed by atoms with Crippen molar-refractivity contribution in [2.75, 3.05) is 0 Å². The summed E-state index contributed by atoms with van der Waals surface area (Å²) in [4.78, 5) is 4.83. The number of aryl methyl sites for hydroxylation is 1. The zero-order valence-corrected chi connectivity index (χ0v) is 14.7. The van der Waals surface area contributed by atoms with Crippen molar-refractivity contribution in [3.05, 3.63) is 77.2 Å². The van der Waals surface area contributed by atoms with E-state index in [1.807, 2.05) is 43.3 Å². The predicted molar refractivity (Wildman–Crippen MR) is 102 cm³/mol. The quantitative estimate of drug-likeness (QED) is 0.540. The molecule has 0 saturated heterocycles. The number of terminal acetylenes is 1. The first-order valence-corrected chi connectivity index (χ1v) is 8.34. The first-order valence-electron chi connectivity index (χ1n) is 8.34. The van der Waals surface area contributed by atoms with Crippen molar-refractivity contribution in [3.8, 4) is 34.7 Å². The molecule has 124 valence electrons. The van der Waals surface area contributed by atoms with Gasteiger partial charge in [-0.2, -0.15) is 0 Å². The van der Waals surface area contributed by atoms with Crippen LogP contribution >= 0.6 is 0 Å². The molecule has 3 rings (SSSR count). The average molecular weight is 329 g/mol. The molecule has 2 heteroatoms. The Hall–Kier alpha value is -2.92. The number of pyridine rings is 1. The Bertz CT molecular complexity index is 950. The summed E-state index contributed by atoms with van der Waals surface area (Å²) in [5.74, 6) is 2.75. The number of hydrogen-bond acceptors (Lipinski definition) is 1. The van der Waals surface area contributed by atoms with Gasteiger partial charge in [0, 0.05) is 11.1 Å². The number of hydrogen-bond donors (Lipinski definition) is 0. The van der Waals surface area contributed by atoms with E-state index in [1.165, 1.54) is 12.1 Å². The highest BCUT2D eigenvalue weighted by atomic mass is 19.1. The number of rotatable bonds is 3. The summed E-state index contributed by atoms with van der Waals surface area (Å²) in [5.41, 5.74) is 6.31. The van der Waals surface area contributed by atoms with Gasteiger partial charge in [0.2, 0.25) is 0 Å². The van der Waals surface area contributed by atoms with Gasteiger partial charge in [0.1, 0.15) is 5.82 Å². The molecule has 0 radical (unpaired) electrons. The second-order valence-corrected chi connectivity index (χ2v) is 6.44. The molecule has 1 nitrogen and oxygen atoms in total. The van der Waals surface area contributed by atoms with Crippen LogP contribution in [0.3, 0.4) is 0 Å². The smallest absolute Gasteiger partial charge is 0.123 e. The summed E-state index contributed by atoms with van der Waals surface area (Å²) in [6.07, 6.45) is 5.83. The molecule has 2 aromatic carbocycles. The van der Waals surface area contributed by atoms with Crippen LogP contribution in [0.1, 0.15) is 36.6 Å². The molecule has 0 spiro atoms. The van der Waals surface area contributed by atoms with Crippen LogP contribution in [0.25, 0.3) is 22.4 Å². The van der Waals surface area contributed by atoms with Crippen LogP contribution in [0, 0.1) is 25.1 Å². The Labute approximate surface area is 148 Å². The molecule has 0 saturated carbocycles. The Morgan fingerprint density at radius 3 is 2.32 bits per heavy atom. The van der Waals surface area contributed by atoms with Crippen LogP contribution < -0.4 is 0 Å². The molecule has 0 amide bonds. The second kappa shape index (κ2) is 6.91. The Morgan fingerprint density at radius 1 is 1.00 bits per heavy atom. The van der Waals surface area contributed by atoms with Crippen LogP contribution in [0.5, 0.6) is 0 Å². The molecular formula is C23H20FN. The van der Waals surface area contributed by atoms with Crippen molar-refractivity contribution < 1.29 is 4.39 Å². The van der Waals surface area contributed by atoms with Gasteiger partial charge in [-0.3, -0.25) is 4.98 Å². The number of nitrogens with zero attached hydrogens (tertiary/aromatic N) is 1. The third kappa shape index (κ3) is 3.32. The molecule has 0 aliphatic heterocycles. The topological polar surface area (TPSA) is 12.9 Å². The molecule has 25 heavy (non-hydrogen) atoms. The van der Waals surface area contributed by atoms with Gasteiger partial charge in [-0.15, -0.1) is 6.42 Å². The fourth-order valence-corrected chi connectivity index (χ4v) is 3.03. The van der Waals surface area contributed by atoms with Crippen LogP contribution in [0.4, 0.5) is 4.39 Å². The van der Waals surface area contributed by atoms with Crippen LogP contribution in [-0.2, 0) is 0 Å². The summed E-state index contributed by atoms with van der Waals surface area (Å²) in [6.45, 7) is 6.06. The highest BCUT2D eigenvalue weighted by Gasteiger charge is 2.17. The molecule has 0 N–H and O–H groups in total. The lowest BCUT2D eigenvalue weighted by Crippen LogP contribution is -2.03. The first kappa shape index (κ1) is 16.9. The van der Waals surface area contributed by atoms with E-state index in [1.54, 1.807) is 6.07 Å². The summed E-state index contributed by atoms with van der Waals surface area (Å²) in [6, 6.07) is 16.8. The molecule has 0 atom stereocenters. The van der Waals surface area contributed by atoms with Crippen molar-refractivity contribution in [3.63, 3.8) is 0 Å². The van der Waals surface area contributed by atoms with Crippen molar-refractivity contribution >= 4 is 0 Å². The van der Waals surface area contributed by atoms with Crippen LogP contribution in [-0.4, -0.2) is 4.98 Å². The van der Waals surface area contributed by atoms with Gasteiger partial charge in [0.05, 0.1) is 17.0 Å². The van der Waals surface area contributed by atoms with E-state index in [4.69, 9.17) is 11.4 Å². The van der Waals surface area contributed by atoms with Crippen LogP contribution in [0.2, 0.25) is 0 Å². The Morgan fingerprint density at radius 2 is 1.72 bits per heavy atom. The lowest BCUT2D eigenvalue weighted by molar-refractivity contribution is 0.627.